The fourth-order valence-corrected chi connectivity index (χ4v) is 0.945. The number of carboxylic acid groups (broad SMARTS) is 1. The molecule has 0 bridgehead atoms. The molecule has 0 saturated carbocycles. The van der Waals surface area contributed by atoms with E-state index in [1.807, 2.05) is 0 Å². The van der Waals surface area contributed by atoms with Crippen LogP contribution >= 0.6 is 0 Å². The Kier molecular flexibility index (Phi) is 3.16. The van der Waals surface area contributed by atoms with Gasteiger partial charge in [-0.1, -0.05) is 0 Å². The number of hydrogen-bond acceptors (Lipinski definition) is 4. The van der Waals surface area contributed by atoms with Gasteiger partial charge in [0.25, 0.3) is 0 Å². The van der Waals surface area contributed by atoms with Gasteiger partial charge in [0.15, 0.2) is 0 Å². The Morgan fingerprint density at radius 1 is 1.64 bits per heavy atom. The first kappa shape index (κ1) is 10.2. The summed E-state index contributed by atoms with van der Waals surface area (Å²) >= 11 is 0. The van der Waals surface area contributed by atoms with Crippen LogP contribution in [0.4, 0.5) is 0 Å². The highest BCUT2D eigenvalue weighted by molar-refractivity contribution is 5.81. The van der Waals surface area contributed by atoms with Crippen molar-refractivity contribution in [1.29, 1.82) is 0 Å². The molecule has 1 aromatic heterocycles. The highest BCUT2D eigenvalue weighted by atomic mass is 16.4. The van der Waals surface area contributed by atoms with Gasteiger partial charge in [-0.05, 0) is 0 Å². The van der Waals surface area contributed by atoms with Crippen molar-refractivity contribution in [3.63, 3.8) is 0 Å². The number of carbonyl (C=O) groups excluding carboxylic acids is 1. The van der Waals surface area contributed by atoms with Crippen LogP contribution in [0.15, 0.2) is 12.7 Å². The number of aliphatic carboxylic acids is 1. The summed E-state index contributed by atoms with van der Waals surface area (Å²) in [6.45, 7) is 1.33. The van der Waals surface area contributed by atoms with Crippen molar-refractivity contribution in [2.24, 2.45) is 0 Å². The molecule has 0 aliphatic carbocycles. The molecule has 7 heteroatoms. The lowest BCUT2D eigenvalue weighted by Gasteiger charge is -2.12. The van der Waals surface area contributed by atoms with E-state index in [0.717, 1.165) is 0 Å². The first-order chi connectivity index (χ1) is 6.59. The maximum atomic E-state index is 10.7. The Labute approximate surface area is 79.8 Å². The van der Waals surface area contributed by atoms with E-state index < -0.39 is 17.9 Å². The number of amides is 1. The van der Waals surface area contributed by atoms with Gasteiger partial charge in [-0.15, -0.1) is 0 Å². The highest BCUT2D eigenvalue weighted by Gasteiger charge is 2.18. The van der Waals surface area contributed by atoms with Crippen molar-refractivity contribution in [3.8, 4) is 0 Å². The topological polar surface area (TPSA) is 97.1 Å². The van der Waals surface area contributed by atoms with Crippen molar-refractivity contribution in [1.82, 2.24) is 20.1 Å². The van der Waals surface area contributed by atoms with Gasteiger partial charge in [-0.3, -0.25) is 9.48 Å². The molecule has 7 nitrogen and oxygen atoms in total. The summed E-state index contributed by atoms with van der Waals surface area (Å²) in [5.41, 5.74) is 0. The van der Waals surface area contributed by atoms with E-state index in [1.54, 1.807) is 0 Å². The summed E-state index contributed by atoms with van der Waals surface area (Å²) in [6.07, 6.45) is 2.68. The molecule has 0 spiro atoms. The minimum Gasteiger partial charge on any atom is -0.480 e. The molecule has 0 aliphatic rings. The normalized spacial score (nSPS) is 12.1. The second-order valence-corrected chi connectivity index (χ2v) is 2.71. The Bertz CT molecular complexity index is 322. The third kappa shape index (κ3) is 2.85. The predicted octanol–water partition coefficient (Wildman–Crippen LogP) is -1.13. The zero-order valence-electron chi connectivity index (χ0n) is 7.54. The molecule has 0 saturated heterocycles. The summed E-state index contributed by atoms with van der Waals surface area (Å²) in [5, 5.41) is 14.8. The van der Waals surface area contributed by atoms with Crippen molar-refractivity contribution in [2.75, 3.05) is 0 Å². The van der Waals surface area contributed by atoms with Crippen LogP contribution in [0.25, 0.3) is 0 Å². The molecule has 76 valence electrons. The van der Waals surface area contributed by atoms with E-state index in [0.29, 0.717) is 0 Å². The molecular weight excluding hydrogens is 188 g/mol. The number of nitrogens with zero attached hydrogens (tertiary/aromatic N) is 3. The van der Waals surface area contributed by atoms with E-state index in [9.17, 15) is 9.59 Å². The second kappa shape index (κ2) is 4.35. The Balaban J connectivity index is 2.60. The van der Waals surface area contributed by atoms with Crippen LogP contribution < -0.4 is 5.32 Å². The maximum Gasteiger partial charge on any atom is 0.328 e. The number of carbonyl (C=O) groups is 2. The zero-order valence-corrected chi connectivity index (χ0v) is 7.54. The third-order valence-electron chi connectivity index (χ3n) is 1.51. The maximum absolute atomic E-state index is 10.7. The van der Waals surface area contributed by atoms with Gasteiger partial charge in [0, 0.05) is 6.92 Å². The summed E-state index contributed by atoms with van der Waals surface area (Å²) < 4.78 is 1.34. The van der Waals surface area contributed by atoms with Crippen LogP contribution in [-0.2, 0) is 16.1 Å². The molecule has 1 amide bonds. The van der Waals surface area contributed by atoms with E-state index in [1.165, 1.54) is 24.3 Å². The fourth-order valence-electron chi connectivity index (χ4n) is 0.945. The Hall–Kier alpha value is -1.92. The van der Waals surface area contributed by atoms with Crippen molar-refractivity contribution in [3.05, 3.63) is 12.7 Å². The van der Waals surface area contributed by atoms with Gasteiger partial charge in [-0.2, -0.15) is 5.10 Å². The highest BCUT2D eigenvalue weighted by Crippen LogP contribution is 1.90. The minimum atomic E-state index is -1.10. The van der Waals surface area contributed by atoms with Crippen LogP contribution in [0.1, 0.15) is 6.92 Å². The number of carboxylic acids is 1. The number of nitrogens with one attached hydrogen (secondary N) is 1. The molecule has 0 aromatic carbocycles. The summed E-state index contributed by atoms with van der Waals surface area (Å²) in [4.78, 5) is 25.0. The fraction of sp³-hybridized carbons (Fsp3) is 0.429. The van der Waals surface area contributed by atoms with Gasteiger partial charge >= 0.3 is 5.97 Å². The van der Waals surface area contributed by atoms with Gasteiger partial charge in [0.1, 0.15) is 18.7 Å². The molecule has 1 unspecified atom stereocenters. The largest absolute Gasteiger partial charge is 0.480 e. The first-order valence-electron chi connectivity index (χ1n) is 3.92. The monoisotopic (exact) mass is 198 g/mol. The van der Waals surface area contributed by atoms with Crippen molar-refractivity contribution < 1.29 is 14.7 Å². The molecule has 0 aliphatic heterocycles. The standard InChI is InChI=1S/C7H10N4O3/c1-5(12)10-6(7(13)14)2-11-4-8-3-9-11/h3-4,6H,2H2,1H3,(H,10,12)(H,13,14). The lowest BCUT2D eigenvalue weighted by molar-refractivity contribution is -0.142. The Morgan fingerprint density at radius 3 is 2.79 bits per heavy atom. The van der Waals surface area contributed by atoms with E-state index in [4.69, 9.17) is 5.11 Å². The third-order valence-corrected chi connectivity index (χ3v) is 1.51. The second-order valence-electron chi connectivity index (χ2n) is 2.71. The minimum absolute atomic E-state index is 0.0644. The van der Waals surface area contributed by atoms with Crippen molar-refractivity contribution in [2.45, 2.75) is 19.5 Å². The molecule has 14 heavy (non-hydrogen) atoms. The predicted molar refractivity (Wildman–Crippen MR) is 45.3 cm³/mol. The number of hydrogen-bond donors (Lipinski definition) is 2. The Morgan fingerprint density at radius 2 is 2.36 bits per heavy atom. The van der Waals surface area contributed by atoms with Crippen molar-refractivity contribution >= 4 is 11.9 Å². The smallest absolute Gasteiger partial charge is 0.328 e. The van der Waals surface area contributed by atoms with Crippen LogP contribution in [-0.4, -0.2) is 37.8 Å². The number of aromatic nitrogens is 3. The lowest BCUT2D eigenvalue weighted by Crippen LogP contribution is -2.42. The quantitative estimate of drug-likeness (QED) is 0.637. The van der Waals surface area contributed by atoms with Crippen LogP contribution in [0.5, 0.6) is 0 Å². The molecule has 2 N–H and O–H groups in total. The number of rotatable bonds is 4. The molecule has 1 aromatic rings. The van der Waals surface area contributed by atoms with Gasteiger partial charge < -0.3 is 10.4 Å². The van der Waals surface area contributed by atoms with Crippen LogP contribution in [0, 0.1) is 0 Å². The van der Waals surface area contributed by atoms with E-state index in [-0.39, 0.29) is 6.54 Å². The average Bonchev–Trinajstić information content (AvgIpc) is 2.54. The molecule has 1 rings (SSSR count). The van der Waals surface area contributed by atoms with Crippen LogP contribution in [0.2, 0.25) is 0 Å². The first-order valence-corrected chi connectivity index (χ1v) is 3.92. The molecule has 1 atom stereocenters. The SMILES string of the molecule is CC(=O)NC(Cn1cncn1)C(=O)O. The van der Waals surface area contributed by atoms with Gasteiger partial charge in [-0.25, -0.2) is 9.78 Å². The molecule has 1 heterocycles. The molecular formula is C7H10N4O3. The van der Waals surface area contributed by atoms with Gasteiger partial charge in [0.05, 0.1) is 6.54 Å². The zero-order chi connectivity index (χ0) is 10.6. The molecule has 0 fully saturated rings. The van der Waals surface area contributed by atoms with E-state index in [2.05, 4.69) is 15.4 Å². The van der Waals surface area contributed by atoms with E-state index >= 15 is 0 Å². The lowest BCUT2D eigenvalue weighted by atomic mass is 10.3. The average molecular weight is 198 g/mol. The van der Waals surface area contributed by atoms with Gasteiger partial charge in [0.2, 0.25) is 5.91 Å². The summed E-state index contributed by atoms with van der Waals surface area (Å²) in [6, 6.07) is -0.978. The molecule has 0 radical (unpaired) electrons. The summed E-state index contributed by atoms with van der Waals surface area (Å²) in [5.74, 6) is -1.49. The summed E-state index contributed by atoms with van der Waals surface area (Å²) in [7, 11) is 0. The van der Waals surface area contributed by atoms with Crippen LogP contribution in [0.3, 0.4) is 0 Å².